The highest BCUT2D eigenvalue weighted by atomic mass is 32.2. The number of nitrogens with zero attached hydrogens (tertiary/aromatic N) is 1. The first-order valence-corrected chi connectivity index (χ1v) is 18.5. The zero-order valence-electron chi connectivity index (χ0n) is 28.6. The fourth-order valence-corrected chi connectivity index (χ4v) is 7.15. The van der Waals surface area contributed by atoms with Crippen molar-refractivity contribution in [2.45, 2.75) is 43.3 Å². The number of hydrogen-bond donors (Lipinski definition) is 3. The minimum absolute atomic E-state index is 0.108. The molecule has 7 nitrogen and oxygen atoms in total. The van der Waals surface area contributed by atoms with Crippen molar-refractivity contribution < 1.29 is 14.4 Å². The third kappa shape index (κ3) is 9.19. The normalized spacial score (nSPS) is 12.0. The van der Waals surface area contributed by atoms with Gasteiger partial charge in [0.25, 0.3) is 11.8 Å². The lowest BCUT2D eigenvalue weighted by molar-refractivity contribution is -0.116. The van der Waals surface area contributed by atoms with Crippen LogP contribution in [-0.2, 0) is 9.59 Å². The van der Waals surface area contributed by atoms with E-state index in [1.54, 1.807) is 36.4 Å². The van der Waals surface area contributed by atoms with Gasteiger partial charge in [0.1, 0.15) is 5.70 Å². The number of hydrogen-bond acceptors (Lipinski definition) is 6. The molecule has 5 aromatic carbocycles. The molecule has 9 heteroatoms. The second-order valence-corrected chi connectivity index (χ2v) is 14.4. The van der Waals surface area contributed by atoms with E-state index in [9.17, 15) is 14.4 Å². The van der Waals surface area contributed by atoms with Gasteiger partial charge in [-0.2, -0.15) is 0 Å². The molecule has 0 radical (unpaired) electrons. The van der Waals surface area contributed by atoms with Crippen molar-refractivity contribution >= 4 is 68.5 Å². The molecule has 6 aromatic rings. The van der Waals surface area contributed by atoms with Gasteiger partial charge in [0, 0.05) is 27.1 Å². The Hall–Kier alpha value is -5.51. The molecule has 0 saturated heterocycles. The maximum absolute atomic E-state index is 13.7. The molecule has 0 aliphatic rings. The van der Waals surface area contributed by atoms with Crippen LogP contribution in [0, 0.1) is 0 Å². The van der Waals surface area contributed by atoms with Crippen LogP contribution in [-0.4, -0.2) is 28.0 Å². The zero-order chi connectivity index (χ0) is 35.7. The maximum atomic E-state index is 13.7. The quantitative estimate of drug-likeness (QED) is 0.0867. The van der Waals surface area contributed by atoms with Crippen LogP contribution in [0.25, 0.3) is 28.1 Å². The molecule has 1 aromatic heterocycles. The van der Waals surface area contributed by atoms with Crippen molar-refractivity contribution in [2.24, 2.45) is 0 Å². The molecule has 3 amide bonds. The average molecular weight is 711 g/mol. The molecule has 1 atom stereocenters. The summed E-state index contributed by atoms with van der Waals surface area (Å²) < 4.78 is 0. The lowest BCUT2D eigenvalue weighted by atomic mass is 10.0. The SMILES string of the molecule is CCC(Sc1cccc(NC(=O)/C(=C\c2ccc(C(C)C)cc2)NC(=O)c2ccccc2)c1)C(=O)Nc1nc(-c2ccc3ccccc3c2)cs1. The molecule has 1 unspecified atom stereocenters. The molecule has 51 heavy (non-hydrogen) atoms. The van der Waals surface area contributed by atoms with Crippen LogP contribution in [0.15, 0.2) is 137 Å². The number of carbonyl (C=O) groups excluding carboxylic acids is 3. The fourth-order valence-electron chi connectivity index (χ4n) is 5.42. The number of thiazole rings is 1. The van der Waals surface area contributed by atoms with Crippen LogP contribution in [0.5, 0.6) is 0 Å². The van der Waals surface area contributed by atoms with E-state index in [2.05, 4.69) is 54.1 Å². The standard InChI is InChI=1S/C42H38N4O3S2/c1-4-38(41(49)46-42-45-37(26-50-42)33-22-21-30-11-8-9-14-32(30)24-33)51-35-16-10-15-34(25-35)43-40(48)36(44-39(47)31-12-6-5-7-13-31)23-28-17-19-29(20-18-28)27(2)3/h5-27,38H,4H2,1-3H3,(H,43,48)(H,44,47)(H,45,46,49)/b36-23+. The fraction of sp³-hybridized carbons (Fsp3) is 0.143. The summed E-state index contributed by atoms with van der Waals surface area (Å²) in [6.07, 6.45) is 2.25. The number of amides is 3. The molecular formula is C42H38N4O3S2. The van der Waals surface area contributed by atoms with E-state index in [0.29, 0.717) is 28.7 Å². The van der Waals surface area contributed by atoms with Gasteiger partial charge in [0.05, 0.1) is 10.9 Å². The number of anilines is 2. The van der Waals surface area contributed by atoms with Crippen molar-refractivity contribution in [1.29, 1.82) is 0 Å². The van der Waals surface area contributed by atoms with Gasteiger partial charge >= 0.3 is 0 Å². The summed E-state index contributed by atoms with van der Waals surface area (Å²) in [5.41, 5.74) is 4.85. The molecule has 0 fully saturated rings. The summed E-state index contributed by atoms with van der Waals surface area (Å²) in [7, 11) is 0. The van der Waals surface area contributed by atoms with Gasteiger partial charge in [0.15, 0.2) is 5.13 Å². The van der Waals surface area contributed by atoms with Crippen molar-refractivity contribution in [3.8, 4) is 11.3 Å². The summed E-state index contributed by atoms with van der Waals surface area (Å²) in [5, 5.41) is 13.1. The monoisotopic (exact) mass is 710 g/mol. The van der Waals surface area contributed by atoms with E-state index in [-0.39, 0.29) is 17.5 Å². The Morgan fingerprint density at radius 3 is 2.29 bits per heavy atom. The van der Waals surface area contributed by atoms with Crippen molar-refractivity contribution in [3.05, 3.63) is 149 Å². The van der Waals surface area contributed by atoms with Gasteiger partial charge < -0.3 is 16.0 Å². The minimum Gasteiger partial charge on any atom is -0.321 e. The van der Waals surface area contributed by atoms with E-state index < -0.39 is 11.2 Å². The van der Waals surface area contributed by atoms with Gasteiger partial charge in [-0.15, -0.1) is 23.1 Å². The Labute approximate surface area is 306 Å². The first-order valence-electron chi connectivity index (χ1n) is 16.8. The molecule has 0 spiro atoms. The van der Waals surface area contributed by atoms with Crippen LogP contribution < -0.4 is 16.0 Å². The number of thioether (sulfide) groups is 1. The van der Waals surface area contributed by atoms with Gasteiger partial charge in [-0.1, -0.05) is 106 Å². The summed E-state index contributed by atoms with van der Waals surface area (Å²) >= 11 is 2.81. The topological polar surface area (TPSA) is 100 Å². The van der Waals surface area contributed by atoms with Crippen LogP contribution in [0.1, 0.15) is 54.6 Å². The van der Waals surface area contributed by atoms with Gasteiger partial charge in [-0.25, -0.2) is 4.98 Å². The molecule has 6 rings (SSSR count). The number of fused-ring (bicyclic) bond motifs is 1. The van der Waals surface area contributed by atoms with Gasteiger partial charge in [0.2, 0.25) is 5.91 Å². The highest BCUT2D eigenvalue weighted by Gasteiger charge is 2.21. The van der Waals surface area contributed by atoms with Crippen LogP contribution >= 0.6 is 23.1 Å². The van der Waals surface area contributed by atoms with E-state index in [1.807, 2.05) is 79.0 Å². The molecule has 256 valence electrons. The molecule has 0 bridgehead atoms. The predicted molar refractivity (Wildman–Crippen MR) is 211 cm³/mol. The Bertz CT molecular complexity index is 2190. The number of carbonyl (C=O) groups is 3. The van der Waals surface area contributed by atoms with Gasteiger partial charge in [-0.3, -0.25) is 14.4 Å². The molecule has 1 heterocycles. The van der Waals surface area contributed by atoms with Gasteiger partial charge in [-0.05, 0) is 76.7 Å². The van der Waals surface area contributed by atoms with E-state index >= 15 is 0 Å². The third-order valence-electron chi connectivity index (χ3n) is 8.26. The maximum Gasteiger partial charge on any atom is 0.272 e. The number of nitrogens with one attached hydrogen (secondary N) is 3. The average Bonchev–Trinajstić information content (AvgIpc) is 3.62. The van der Waals surface area contributed by atoms with Crippen LogP contribution in [0.4, 0.5) is 10.8 Å². The van der Waals surface area contributed by atoms with Crippen LogP contribution in [0.2, 0.25) is 0 Å². The number of benzene rings is 5. The Morgan fingerprint density at radius 2 is 1.55 bits per heavy atom. The molecular weight excluding hydrogens is 673 g/mol. The molecule has 0 saturated carbocycles. The van der Waals surface area contributed by atoms with E-state index in [4.69, 9.17) is 4.98 Å². The van der Waals surface area contributed by atoms with Crippen molar-refractivity contribution in [3.63, 3.8) is 0 Å². The highest BCUT2D eigenvalue weighted by molar-refractivity contribution is 8.00. The van der Waals surface area contributed by atoms with E-state index in [1.165, 1.54) is 28.7 Å². The largest absolute Gasteiger partial charge is 0.321 e. The Morgan fingerprint density at radius 1 is 0.804 bits per heavy atom. The summed E-state index contributed by atoms with van der Waals surface area (Å²) in [5.74, 6) is -0.631. The Balaban J connectivity index is 1.13. The number of rotatable bonds is 12. The summed E-state index contributed by atoms with van der Waals surface area (Å²) in [6, 6.07) is 38.4. The first-order chi connectivity index (χ1) is 24.7. The molecule has 0 aliphatic heterocycles. The first kappa shape index (κ1) is 35.3. The minimum atomic E-state index is -0.467. The highest BCUT2D eigenvalue weighted by Crippen LogP contribution is 2.31. The lowest BCUT2D eigenvalue weighted by Crippen LogP contribution is -2.30. The van der Waals surface area contributed by atoms with E-state index in [0.717, 1.165) is 32.5 Å². The van der Waals surface area contributed by atoms with Crippen LogP contribution in [0.3, 0.4) is 0 Å². The summed E-state index contributed by atoms with van der Waals surface area (Å²) in [4.78, 5) is 45.6. The zero-order valence-corrected chi connectivity index (χ0v) is 30.2. The van der Waals surface area contributed by atoms with Crippen molar-refractivity contribution in [2.75, 3.05) is 10.6 Å². The second-order valence-electron chi connectivity index (χ2n) is 12.3. The molecule has 3 N–H and O–H groups in total. The molecule has 0 aliphatic carbocycles. The predicted octanol–water partition coefficient (Wildman–Crippen LogP) is 10.0. The lowest BCUT2D eigenvalue weighted by Gasteiger charge is -2.15. The summed E-state index contributed by atoms with van der Waals surface area (Å²) in [6.45, 7) is 6.20. The smallest absolute Gasteiger partial charge is 0.272 e. The second kappa shape index (κ2) is 16.5. The van der Waals surface area contributed by atoms with Crippen molar-refractivity contribution in [1.82, 2.24) is 10.3 Å². The Kier molecular flexibility index (Phi) is 11.4. The third-order valence-corrected chi connectivity index (χ3v) is 10.4. The number of aromatic nitrogens is 1.